The van der Waals surface area contributed by atoms with Gasteiger partial charge in [0.1, 0.15) is 11.2 Å². The largest absolute Gasteiger partial charge is 0.383 e. The second kappa shape index (κ2) is 8.55. The van der Waals surface area contributed by atoms with Crippen LogP contribution in [0.2, 0.25) is 5.02 Å². The van der Waals surface area contributed by atoms with Gasteiger partial charge in [-0.1, -0.05) is 17.7 Å². The summed E-state index contributed by atoms with van der Waals surface area (Å²) < 4.78 is 6.59. The van der Waals surface area contributed by atoms with Gasteiger partial charge in [0.25, 0.3) is 11.8 Å². The molecule has 1 aliphatic carbocycles. The van der Waals surface area contributed by atoms with Crippen molar-refractivity contribution in [2.45, 2.75) is 44.8 Å². The van der Waals surface area contributed by atoms with Gasteiger partial charge in [0.15, 0.2) is 5.69 Å². The molecular formula is C22H26ClN5O4. The quantitative estimate of drug-likeness (QED) is 0.618. The molecule has 2 aromatic rings. The van der Waals surface area contributed by atoms with Crippen molar-refractivity contribution in [3.05, 3.63) is 46.5 Å². The molecule has 32 heavy (non-hydrogen) atoms. The minimum absolute atomic E-state index is 0.0131. The van der Waals surface area contributed by atoms with Gasteiger partial charge in [0.05, 0.1) is 30.2 Å². The second-order valence-electron chi connectivity index (χ2n) is 8.44. The Kier molecular flexibility index (Phi) is 5.96. The fourth-order valence-electron chi connectivity index (χ4n) is 4.08. The Labute approximate surface area is 191 Å². The number of halogens is 1. The van der Waals surface area contributed by atoms with E-state index in [1.807, 2.05) is 13.0 Å². The van der Waals surface area contributed by atoms with Crippen LogP contribution in [0.25, 0.3) is 0 Å². The molecule has 1 atom stereocenters. The monoisotopic (exact) mass is 459 g/mol. The number of anilines is 1. The third kappa shape index (κ3) is 3.98. The van der Waals surface area contributed by atoms with Gasteiger partial charge in [-0.2, -0.15) is 0 Å². The standard InChI is InChI=1S/C22H26ClN5O4/c1-13-4-7-16(15(23)10-13)26-19(29)17-18-20(30)28(14-5-6-14)22(2,11-27(18)12-25-17)21(31)24-8-9-32-3/h4,7,10,12,14H,5-6,8-9,11H2,1-3H3,(H,24,31)(H,26,29)/t22-/m0/s1. The van der Waals surface area contributed by atoms with E-state index in [1.165, 1.54) is 6.33 Å². The van der Waals surface area contributed by atoms with E-state index in [2.05, 4.69) is 15.6 Å². The lowest BCUT2D eigenvalue weighted by Crippen LogP contribution is -2.65. The fourth-order valence-corrected chi connectivity index (χ4v) is 4.36. The van der Waals surface area contributed by atoms with E-state index in [0.717, 1.165) is 18.4 Å². The van der Waals surface area contributed by atoms with Gasteiger partial charge in [0.2, 0.25) is 5.91 Å². The molecule has 4 rings (SSSR count). The number of nitrogens with one attached hydrogen (secondary N) is 2. The number of rotatable bonds is 7. The fraction of sp³-hybridized carbons (Fsp3) is 0.455. The van der Waals surface area contributed by atoms with Crippen LogP contribution in [0.4, 0.5) is 5.69 Å². The van der Waals surface area contributed by atoms with Gasteiger partial charge in [0, 0.05) is 19.7 Å². The first-order chi connectivity index (χ1) is 15.3. The molecule has 2 N–H and O–H groups in total. The summed E-state index contributed by atoms with van der Waals surface area (Å²) in [5.74, 6) is -1.16. The highest BCUT2D eigenvalue weighted by Gasteiger charge is 2.53. The van der Waals surface area contributed by atoms with E-state index < -0.39 is 11.4 Å². The van der Waals surface area contributed by atoms with Crippen molar-refractivity contribution in [2.75, 3.05) is 25.6 Å². The van der Waals surface area contributed by atoms with Gasteiger partial charge in [-0.05, 0) is 44.4 Å². The summed E-state index contributed by atoms with van der Waals surface area (Å²) in [6.45, 7) is 4.58. The van der Waals surface area contributed by atoms with Crippen molar-refractivity contribution in [3.8, 4) is 0 Å². The van der Waals surface area contributed by atoms with Crippen LogP contribution in [0.5, 0.6) is 0 Å². The van der Waals surface area contributed by atoms with Gasteiger partial charge >= 0.3 is 0 Å². The number of nitrogens with zero attached hydrogens (tertiary/aromatic N) is 3. The van der Waals surface area contributed by atoms with Crippen LogP contribution >= 0.6 is 11.6 Å². The number of carbonyl (C=O) groups is 3. The summed E-state index contributed by atoms with van der Waals surface area (Å²) in [6, 6.07) is 5.25. The average Bonchev–Trinajstić information content (AvgIpc) is 3.48. The molecule has 10 heteroatoms. The van der Waals surface area contributed by atoms with Gasteiger partial charge in [-0.15, -0.1) is 0 Å². The van der Waals surface area contributed by atoms with Crippen LogP contribution in [0, 0.1) is 6.92 Å². The molecular weight excluding hydrogens is 434 g/mol. The molecule has 9 nitrogen and oxygen atoms in total. The lowest BCUT2D eigenvalue weighted by atomic mass is 9.94. The summed E-state index contributed by atoms with van der Waals surface area (Å²) in [6.07, 6.45) is 3.08. The Morgan fingerprint density at radius 3 is 2.75 bits per heavy atom. The zero-order valence-corrected chi connectivity index (χ0v) is 19.0. The van der Waals surface area contributed by atoms with Crippen LogP contribution < -0.4 is 10.6 Å². The predicted molar refractivity (Wildman–Crippen MR) is 119 cm³/mol. The number of imidazole rings is 1. The molecule has 1 aliphatic heterocycles. The molecule has 1 aromatic carbocycles. The van der Waals surface area contributed by atoms with Crippen molar-refractivity contribution in [1.82, 2.24) is 19.8 Å². The number of benzene rings is 1. The lowest BCUT2D eigenvalue weighted by molar-refractivity contribution is -0.133. The molecule has 2 heterocycles. The van der Waals surface area contributed by atoms with Gasteiger partial charge in [-0.3, -0.25) is 14.4 Å². The smallest absolute Gasteiger partial charge is 0.276 e. The normalized spacial score (nSPS) is 20.1. The minimum Gasteiger partial charge on any atom is -0.383 e. The van der Waals surface area contributed by atoms with E-state index in [-0.39, 0.29) is 35.8 Å². The third-order valence-electron chi connectivity index (χ3n) is 5.85. The molecule has 2 aliphatic rings. The van der Waals surface area contributed by atoms with Crippen LogP contribution in [-0.2, 0) is 16.1 Å². The Morgan fingerprint density at radius 1 is 1.34 bits per heavy atom. The molecule has 1 fully saturated rings. The third-order valence-corrected chi connectivity index (χ3v) is 6.16. The molecule has 1 saturated carbocycles. The summed E-state index contributed by atoms with van der Waals surface area (Å²) in [5, 5.41) is 5.98. The topological polar surface area (TPSA) is 106 Å². The molecule has 0 bridgehead atoms. The number of carbonyl (C=O) groups excluding carboxylic acids is 3. The Hall–Kier alpha value is -2.91. The van der Waals surface area contributed by atoms with Crippen molar-refractivity contribution in [2.24, 2.45) is 0 Å². The van der Waals surface area contributed by atoms with E-state index in [9.17, 15) is 14.4 Å². The van der Waals surface area contributed by atoms with Crippen LogP contribution in [0.15, 0.2) is 24.5 Å². The van der Waals surface area contributed by atoms with Crippen LogP contribution in [-0.4, -0.2) is 64.0 Å². The second-order valence-corrected chi connectivity index (χ2v) is 8.84. The molecule has 3 amide bonds. The van der Waals surface area contributed by atoms with Crippen molar-refractivity contribution < 1.29 is 19.1 Å². The zero-order valence-electron chi connectivity index (χ0n) is 18.3. The maximum atomic E-state index is 13.6. The Bertz CT molecular complexity index is 1080. The summed E-state index contributed by atoms with van der Waals surface area (Å²) in [7, 11) is 1.56. The molecule has 1 aromatic heterocycles. The van der Waals surface area contributed by atoms with Gasteiger partial charge in [-0.25, -0.2) is 4.98 Å². The number of aryl methyl sites for hydroxylation is 1. The minimum atomic E-state index is -1.09. The lowest BCUT2D eigenvalue weighted by Gasteiger charge is -2.44. The number of hydrogen-bond acceptors (Lipinski definition) is 5. The molecule has 170 valence electrons. The van der Waals surface area contributed by atoms with E-state index in [1.54, 1.807) is 35.6 Å². The highest BCUT2D eigenvalue weighted by molar-refractivity contribution is 6.34. The van der Waals surface area contributed by atoms with E-state index >= 15 is 0 Å². The molecule has 0 radical (unpaired) electrons. The molecule has 0 spiro atoms. The Morgan fingerprint density at radius 2 is 2.09 bits per heavy atom. The number of fused-ring (bicyclic) bond motifs is 1. The van der Waals surface area contributed by atoms with Crippen LogP contribution in [0.1, 0.15) is 46.3 Å². The van der Waals surface area contributed by atoms with Crippen molar-refractivity contribution in [1.29, 1.82) is 0 Å². The maximum absolute atomic E-state index is 13.6. The zero-order chi connectivity index (χ0) is 23.0. The number of ether oxygens (including phenoxy) is 1. The summed E-state index contributed by atoms with van der Waals surface area (Å²) >= 11 is 6.24. The number of methoxy groups -OCH3 is 1. The van der Waals surface area contributed by atoms with E-state index in [4.69, 9.17) is 16.3 Å². The van der Waals surface area contributed by atoms with E-state index in [0.29, 0.717) is 23.9 Å². The summed E-state index contributed by atoms with van der Waals surface area (Å²) in [5.41, 5.74) is 0.506. The van der Waals surface area contributed by atoms with Gasteiger partial charge < -0.3 is 24.8 Å². The SMILES string of the molecule is COCCNC(=O)[C@]1(C)Cn2cnc(C(=O)Nc3ccc(C)cc3Cl)c2C(=O)N1C1CC1. The first kappa shape index (κ1) is 22.3. The summed E-state index contributed by atoms with van der Waals surface area (Å²) in [4.78, 5) is 45.4. The van der Waals surface area contributed by atoms with Crippen LogP contribution in [0.3, 0.4) is 0 Å². The number of aromatic nitrogens is 2. The number of amides is 3. The first-order valence-electron chi connectivity index (χ1n) is 10.5. The number of hydrogen-bond donors (Lipinski definition) is 2. The maximum Gasteiger partial charge on any atom is 0.276 e. The molecule has 0 unspecified atom stereocenters. The predicted octanol–water partition coefficient (Wildman–Crippen LogP) is 2.24. The average molecular weight is 460 g/mol. The Balaban J connectivity index is 1.63. The highest BCUT2D eigenvalue weighted by atomic mass is 35.5. The van der Waals surface area contributed by atoms with Crippen molar-refractivity contribution in [3.63, 3.8) is 0 Å². The molecule has 0 saturated heterocycles. The van der Waals surface area contributed by atoms with Crippen molar-refractivity contribution >= 4 is 35.0 Å². The first-order valence-corrected chi connectivity index (χ1v) is 10.9. The highest BCUT2D eigenvalue weighted by Crippen LogP contribution is 2.39.